The second-order valence-corrected chi connectivity index (χ2v) is 8.44. The van der Waals surface area contributed by atoms with Gasteiger partial charge in [0.2, 0.25) is 10.0 Å². The first-order valence-corrected chi connectivity index (χ1v) is 10.1. The van der Waals surface area contributed by atoms with Crippen molar-refractivity contribution in [3.05, 3.63) is 59.7 Å². The van der Waals surface area contributed by atoms with Gasteiger partial charge in [0.05, 0.1) is 10.9 Å². The Hall–Kier alpha value is -1.85. The second-order valence-electron chi connectivity index (χ2n) is 6.88. The van der Waals surface area contributed by atoms with Gasteiger partial charge in [-0.15, -0.1) is 0 Å². The smallest absolute Gasteiger partial charge is 0.238 e. The topological polar surface area (TPSA) is 72.2 Å². The molecule has 1 aliphatic carbocycles. The van der Waals surface area contributed by atoms with Gasteiger partial charge in [-0.25, -0.2) is 13.6 Å². The minimum Gasteiger partial charge on any atom is -0.378 e. The first-order chi connectivity index (χ1) is 11.5. The summed E-state index contributed by atoms with van der Waals surface area (Å²) in [5.41, 5.74) is 3.45. The zero-order chi connectivity index (χ0) is 16.7. The Morgan fingerprint density at radius 2 is 1.75 bits per heavy atom. The van der Waals surface area contributed by atoms with Crippen LogP contribution in [-0.4, -0.2) is 8.42 Å². The standard InChI is InChI=1S/C19H22N2O2S/c20-24(22,23)14-10-11-18-17(12-14)15-8-4-5-9-16(15)19(21-18)13-6-2-1-3-7-13/h1-3,6-7,10-12,15-16,19,21H,4-5,8-9H2,(H2,20,22,23). The number of benzene rings is 2. The zero-order valence-electron chi connectivity index (χ0n) is 13.5. The Labute approximate surface area is 143 Å². The molecule has 2 aromatic carbocycles. The quantitative estimate of drug-likeness (QED) is 0.872. The fraction of sp³-hybridized carbons (Fsp3) is 0.368. The number of hydrogen-bond donors (Lipinski definition) is 2. The van der Waals surface area contributed by atoms with Gasteiger partial charge >= 0.3 is 0 Å². The third-order valence-electron chi connectivity index (χ3n) is 5.47. The highest BCUT2D eigenvalue weighted by molar-refractivity contribution is 7.89. The molecule has 3 atom stereocenters. The van der Waals surface area contributed by atoms with Crippen molar-refractivity contribution in [2.45, 2.75) is 42.5 Å². The Balaban J connectivity index is 1.80. The number of nitrogens with one attached hydrogen (secondary N) is 1. The fourth-order valence-electron chi connectivity index (χ4n) is 4.37. The van der Waals surface area contributed by atoms with Crippen LogP contribution in [0.4, 0.5) is 5.69 Å². The van der Waals surface area contributed by atoms with Gasteiger partial charge in [-0.3, -0.25) is 0 Å². The van der Waals surface area contributed by atoms with Gasteiger partial charge in [0.25, 0.3) is 0 Å². The Kier molecular flexibility index (Phi) is 3.85. The van der Waals surface area contributed by atoms with Crippen molar-refractivity contribution in [1.82, 2.24) is 0 Å². The molecule has 24 heavy (non-hydrogen) atoms. The lowest BCUT2D eigenvalue weighted by Gasteiger charge is -2.44. The average molecular weight is 342 g/mol. The van der Waals surface area contributed by atoms with Gasteiger partial charge in [0.15, 0.2) is 0 Å². The molecule has 126 valence electrons. The summed E-state index contributed by atoms with van der Waals surface area (Å²) in [7, 11) is -3.67. The normalized spacial score (nSPS) is 26.1. The van der Waals surface area contributed by atoms with Crippen LogP contribution in [0.1, 0.15) is 48.8 Å². The number of fused-ring (bicyclic) bond motifs is 3. The molecule has 3 unspecified atom stereocenters. The van der Waals surface area contributed by atoms with Gasteiger partial charge in [-0.1, -0.05) is 43.2 Å². The van der Waals surface area contributed by atoms with Crippen molar-refractivity contribution < 1.29 is 8.42 Å². The van der Waals surface area contributed by atoms with E-state index in [9.17, 15) is 8.42 Å². The summed E-state index contributed by atoms with van der Waals surface area (Å²) >= 11 is 0. The Bertz CT molecular complexity index is 849. The molecule has 0 amide bonds. The third-order valence-corrected chi connectivity index (χ3v) is 6.38. The van der Waals surface area contributed by atoms with Crippen LogP contribution in [0, 0.1) is 5.92 Å². The lowest BCUT2D eigenvalue weighted by molar-refractivity contribution is 0.265. The molecule has 2 aliphatic rings. The van der Waals surface area contributed by atoms with E-state index in [2.05, 4.69) is 29.6 Å². The summed E-state index contributed by atoms with van der Waals surface area (Å²) in [6.07, 6.45) is 4.70. The first kappa shape index (κ1) is 15.7. The van der Waals surface area contributed by atoms with Crippen molar-refractivity contribution in [3.63, 3.8) is 0 Å². The summed E-state index contributed by atoms with van der Waals surface area (Å²) < 4.78 is 23.4. The molecule has 1 aliphatic heterocycles. The number of sulfonamides is 1. The van der Waals surface area contributed by atoms with E-state index in [1.807, 2.05) is 12.1 Å². The number of nitrogens with two attached hydrogens (primary N) is 1. The van der Waals surface area contributed by atoms with Crippen molar-refractivity contribution in [3.8, 4) is 0 Å². The predicted molar refractivity (Wildman–Crippen MR) is 95.3 cm³/mol. The molecule has 0 bridgehead atoms. The summed E-state index contributed by atoms with van der Waals surface area (Å²) in [5.74, 6) is 0.881. The Morgan fingerprint density at radius 3 is 2.50 bits per heavy atom. The molecule has 0 spiro atoms. The maximum absolute atomic E-state index is 11.7. The number of primary sulfonamides is 1. The molecule has 1 heterocycles. The molecule has 3 N–H and O–H groups in total. The van der Waals surface area contributed by atoms with E-state index >= 15 is 0 Å². The summed E-state index contributed by atoms with van der Waals surface area (Å²) in [4.78, 5) is 0.213. The lowest BCUT2D eigenvalue weighted by Crippen LogP contribution is -2.34. The monoisotopic (exact) mass is 342 g/mol. The van der Waals surface area contributed by atoms with Crippen LogP contribution in [0.3, 0.4) is 0 Å². The van der Waals surface area contributed by atoms with Gasteiger partial charge < -0.3 is 5.32 Å². The van der Waals surface area contributed by atoms with Crippen LogP contribution >= 0.6 is 0 Å². The van der Waals surface area contributed by atoms with Crippen LogP contribution in [0.5, 0.6) is 0 Å². The first-order valence-electron chi connectivity index (χ1n) is 8.52. The number of rotatable bonds is 2. The van der Waals surface area contributed by atoms with Crippen molar-refractivity contribution >= 4 is 15.7 Å². The highest BCUT2D eigenvalue weighted by Crippen LogP contribution is 2.51. The lowest BCUT2D eigenvalue weighted by atomic mass is 9.68. The van der Waals surface area contributed by atoms with E-state index in [0.29, 0.717) is 11.8 Å². The van der Waals surface area contributed by atoms with Crippen molar-refractivity contribution in [2.75, 3.05) is 5.32 Å². The number of anilines is 1. The SMILES string of the molecule is NS(=O)(=O)c1ccc2c(c1)C1CCCCC1C(c1ccccc1)N2. The van der Waals surface area contributed by atoms with Gasteiger partial charge in [0, 0.05) is 5.69 Å². The molecule has 5 heteroatoms. The minimum atomic E-state index is -3.67. The maximum atomic E-state index is 11.7. The molecule has 1 fully saturated rings. The molecule has 0 aromatic heterocycles. The predicted octanol–water partition coefficient (Wildman–Crippen LogP) is 3.77. The summed E-state index contributed by atoms with van der Waals surface area (Å²) in [5, 5.41) is 8.98. The van der Waals surface area contributed by atoms with Gasteiger partial charge in [-0.05, 0) is 54.0 Å². The molecule has 0 saturated heterocycles. The molecule has 4 nitrogen and oxygen atoms in total. The van der Waals surface area contributed by atoms with E-state index in [1.165, 1.54) is 18.4 Å². The largest absolute Gasteiger partial charge is 0.378 e. The third kappa shape index (κ3) is 2.72. The Morgan fingerprint density at radius 1 is 1.00 bits per heavy atom. The van der Waals surface area contributed by atoms with E-state index in [0.717, 1.165) is 24.1 Å². The molecule has 4 rings (SSSR count). The van der Waals surface area contributed by atoms with Crippen molar-refractivity contribution in [1.29, 1.82) is 0 Å². The molecule has 2 aromatic rings. The minimum absolute atomic E-state index is 0.213. The summed E-state index contributed by atoms with van der Waals surface area (Å²) in [6, 6.07) is 16.1. The highest BCUT2D eigenvalue weighted by Gasteiger charge is 2.38. The number of hydrogen-bond acceptors (Lipinski definition) is 3. The van der Waals surface area contributed by atoms with Crippen LogP contribution in [-0.2, 0) is 10.0 Å². The van der Waals surface area contributed by atoms with E-state index in [1.54, 1.807) is 12.1 Å². The fourth-order valence-corrected chi connectivity index (χ4v) is 4.92. The average Bonchev–Trinajstić information content (AvgIpc) is 2.60. The second kappa shape index (κ2) is 5.90. The zero-order valence-corrected chi connectivity index (χ0v) is 14.3. The van der Waals surface area contributed by atoms with Gasteiger partial charge in [-0.2, -0.15) is 0 Å². The van der Waals surface area contributed by atoms with E-state index in [4.69, 9.17) is 5.14 Å². The molecular weight excluding hydrogens is 320 g/mol. The maximum Gasteiger partial charge on any atom is 0.238 e. The summed E-state index contributed by atoms with van der Waals surface area (Å²) in [6.45, 7) is 0. The van der Waals surface area contributed by atoms with Crippen LogP contribution < -0.4 is 10.5 Å². The molecular formula is C19H22N2O2S. The highest BCUT2D eigenvalue weighted by atomic mass is 32.2. The molecule has 1 saturated carbocycles. The molecule has 0 radical (unpaired) electrons. The van der Waals surface area contributed by atoms with E-state index < -0.39 is 10.0 Å². The van der Waals surface area contributed by atoms with Gasteiger partial charge in [0.1, 0.15) is 0 Å². The van der Waals surface area contributed by atoms with Crippen LogP contribution in [0.2, 0.25) is 0 Å². The van der Waals surface area contributed by atoms with Crippen LogP contribution in [0.25, 0.3) is 0 Å². The van der Waals surface area contributed by atoms with Crippen molar-refractivity contribution in [2.24, 2.45) is 11.1 Å². The van der Waals surface area contributed by atoms with Crippen LogP contribution in [0.15, 0.2) is 53.4 Å². The van der Waals surface area contributed by atoms with E-state index in [-0.39, 0.29) is 10.9 Å².